The predicted octanol–water partition coefficient (Wildman–Crippen LogP) is 3.35. The van der Waals surface area contributed by atoms with E-state index >= 15 is 0 Å². The molecule has 2 heteroatoms. The van der Waals surface area contributed by atoms with E-state index in [0.29, 0.717) is 6.61 Å². The first kappa shape index (κ1) is 13.2. The summed E-state index contributed by atoms with van der Waals surface area (Å²) in [7, 11) is 0. The van der Waals surface area contributed by atoms with Gasteiger partial charge in [-0.1, -0.05) is 50.6 Å². The smallest absolute Gasteiger partial charge is 0.165 e. The van der Waals surface area contributed by atoms with Crippen LogP contribution in [0.2, 0.25) is 0 Å². The van der Waals surface area contributed by atoms with E-state index in [9.17, 15) is 5.11 Å². The van der Waals surface area contributed by atoms with E-state index in [1.165, 1.54) is 0 Å². The Kier molecular flexibility index (Phi) is 4.97. The predicted molar refractivity (Wildman–Crippen MR) is 65.9 cm³/mol. The van der Waals surface area contributed by atoms with Gasteiger partial charge in [-0.15, -0.1) is 0 Å². The second-order valence-electron chi connectivity index (χ2n) is 4.52. The van der Waals surface area contributed by atoms with Crippen molar-refractivity contribution in [2.75, 3.05) is 0 Å². The summed E-state index contributed by atoms with van der Waals surface area (Å²) in [4.78, 5) is 0. The maximum atomic E-state index is 10.2. The van der Waals surface area contributed by atoms with Crippen molar-refractivity contribution in [1.82, 2.24) is 0 Å². The lowest BCUT2D eigenvalue weighted by atomic mass is 9.97. The van der Waals surface area contributed by atoms with Gasteiger partial charge >= 0.3 is 0 Å². The number of hydrogen-bond acceptors (Lipinski definition) is 2. The van der Waals surface area contributed by atoms with Crippen LogP contribution >= 0.6 is 0 Å². The number of aliphatic hydroxyl groups is 1. The molecule has 0 heterocycles. The van der Waals surface area contributed by atoms with Crippen molar-refractivity contribution in [1.29, 1.82) is 0 Å². The second kappa shape index (κ2) is 6.02. The minimum Gasteiger partial charge on any atom is -0.365 e. The highest BCUT2D eigenvalue weighted by Gasteiger charge is 2.28. The van der Waals surface area contributed by atoms with Crippen LogP contribution in [-0.2, 0) is 11.3 Å². The van der Waals surface area contributed by atoms with Crippen LogP contribution < -0.4 is 0 Å². The normalized spacial score (nSPS) is 16.8. The van der Waals surface area contributed by atoms with E-state index in [-0.39, 0.29) is 5.92 Å². The molecule has 0 bridgehead atoms. The lowest BCUT2D eigenvalue weighted by Gasteiger charge is -2.30. The van der Waals surface area contributed by atoms with Gasteiger partial charge in [0.05, 0.1) is 6.61 Å². The van der Waals surface area contributed by atoms with Crippen molar-refractivity contribution in [3.63, 3.8) is 0 Å². The molecule has 0 aliphatic carbocycles. The van der Waals surface area contributed by atoms with Gasteiger partial charge in [0.1, 0.15) is 0 Å². The third-order valence-corrected chi connectivity index (χ3v) is 3.01. The highest BCUT2D eigenvalue weighted by Crippen LogP contribution is 2.24. The summed E-state index contributed by atoms with van der Waals surface area (Å²) in [6.07, 6.45) is 2.04. The molecule has 0 aliphatic rings. The third kappa shape index (κ3) is 3.95. The fourth-order valence-corrected chi connectivity index (χ4v) is 1.65. The Morgan fingerprint density at radius 2 is 1.94 bits per heavy atom. The van der Waals surface area contributed by atoms with Gasteiger partial charge < -0.3 is 9.84 Å². The minimum atomic E-state index is -1.04. The van der Waals surface area contributed by atoms with Crippen molar-refractivity contribution in [2.45, 2.75) is 46.0 Å². The van der Waals surface area contributed by atoms with Crippen molar-refractivity contribution < 1.29 is 9.84 Å². The summed E-state index contributed by atoms with van der Waals surface area (Å²) in [6.45, 7) is 6.34. The Bertz CT molecular complexity index is 293. The van der Waals surface area contributed by atoms with Gasteiger partial charge in [-0.3, -0.25) is 0 Å². The van der Waals surface area contributed by atoms with Crippen LogP contribution in [0.15, 0.2) is 30.3 Å². The van der Waals surface area contributed by atoms with E-state index in [0.717, 1.165) is 18.4 Å². The molecule has 0 spiro atoms. The summed E-state index contributed by atoms with van der Waals surface area (Å²) in [6, 6.07) is 9.92. The maximum absolute atomic E-state index is 10.2. The van der Waals surface area contributed by atoms with E-state index in [1.807, 2.05) is 37.3 Å². The minimum absolute atomic E-state index is 0.154. The number of benzene rings is 1. The summed E-state index contributed by atoms with van der Waals surface area (Å²) in [5.41, 5.74) is 1.09. The van der Waals surface area contributed by atoms with Gasteiger partial charge in [0.25, 0.3) is 0 Å². The van der Waals surface area contributed by atoms with Crippen LogP contribution in [0.3, 0.4) is 0 Å². The largest absolute Gasteiger partial charge is 0.365 e. The lowest BCUT2D eigenvalue weighted by molar-refractivity contribution is -0.229. The first-order chi connectivity index (χ1) is 7.56. The van der Waals surface area contributed by atoms with Gasteiger partial charge in [0.15, 0.2) is 5.79 Å². The van der Waals surface area contributed by atoms with Crippen LogP contribution in [0.5, 0.6) is 0 Å². The monoisotopic (exact) mass is 222 g/mol. The zero-order valence-electron chi connectivity index (χ0n) is 10.4. The van der Waals surface area contributed by atoms with Crippen LogP contribution in [0.1, 0.15) is 39.2 Å². The summed E-state index contributed by atoms with van der Waals surface area (Å²) < 4.78 is 5.59. The molecule has 0 amide bonds. The molecule has 1 aromatic rings. The highest BCUT2D eigenvalue weighted by molar-refractivity contribution is 5.13. The van der Waals surface area contributed by atoms with Crippen LogP contribution in [0, 0.1) is 5.92 Å². The van der Waals surface area contributed by atoms with Gasteiger partial charge in [-0.25, -0.2) is 0 Å². The van der Waals surface area contributed by atoms with E-state index in [2.05, 4.69) is 6.92 Å². The fourth-order valence-electron chi connectivity index (χ4n) is 1.65. The molecule has 0 aromatic heterocycles. The molecule has 2 atom stereocenters. The lowest BCUT2D eigenvalue weighted by Crippen LogP contribution is -2.35. The van der Waals surface area contributed by atoms with Crippen LogP contribution in [0.4, 0.5) is 0 Å². The number of hydrogen-bond donors (Lipinski definition) is 1. The fraction of sp³-hybridized carbons (Fsp3) is 0.571. The van der Waals surface area contributed by atoms with Crippen molar-refractivity contribution in [3.8, 4) is 0 Å². The average molecular weight is 222 g/mol. The van der Waals surface area contributed by atoms with Crippen LogP contribution in [-0.4, -0.2) is 10.9 Å². The molecule has 0 aliphatic heterocycles. The highest BCUT2D eigenvalue weighted by atomic mass is 16.6. The second-order valence-corrected chi connectivity index (χ2v) is 4.52. The zero-order chi connectivity index (χ0) is 12.0. The summed E-state index contributed by atoms with van der Waals surface area (Å²) in [5, 5.41) is 10.2. The molecule has 1 rings (SSSR count). The maximum Gasteiger partial charge on any atom is 0.165 e. The molecule has 16 heavy (non-hydrogen) atoms. The molecule has 0 saturated carbocycles. The van der Waals surface area contributed by atoms with E-state index in [4.69, 9.17) is 4.74 Å². The number of ether oxygens (including phenoxy) is 1. The molecule has 2 nitrogen and oxygen atoms in total. The first-order valence-corrected chi connectivity index (χ1v) is 5.96. The van der Waals surface area contributed by atoms with Gasteiger partial charge in [-0.2, -0.15) is 0 Å². The Balaban J connectivity index is 2.47. The van der Waals surface area contributed by atoms with Gasteiger partial charge in [0.2, 0.25) is 0 Å². The quantitative estimate of drug-likeness (QED) is 0.748. The number of rotatable bonds is 6. The van der Waals surface area contributed by atoms with E-state index in [1.54, 1.807) is 6.92 Å². The molecule has 0 fully saturated rings. The van der Waals surface area contributed by atoms with Gasteiger partial charge in [-0.05, 0) is 18.9 Å². The van der Waals surface area contributed by atoms with Crippen LogP contribution in [0.25, 0.3) is 0 Å². The molecule has 1 N–H and O–H groups in total. The average Bonchev–Trinajstić information content (AvgIpc) is 2.28. The van der Waals surface area contributed by atoms with Crippen molar-refractivity contribution >= 4 is 0 Å². The third-order valence-electron chi connectivity index (χ3n) is 3.01. The Morgan fingerprint density at radius 3 is 2.50 bits per heavy atom. The van der Waals surface area contributed by atoms with Crippen molar-refractivity contribution in [2.24, 2.45) is 5.92 Å². The SMILES string of the molecule is CCC[C@H](C)C(C)(O)OCc1ccccc1. The molecule has 90 valence electrons. The van der Waals surface area contributed by atoms with Crippen molar-refractivity contribution in [3.05, 3.63) is 35.9 Å². The molecule has 0 saturated heterocycles. The molecule has 1 unspecified atom stereocenters. The molecule has 1 aromatic carbocycles. The molecular weight excluding hydrogens is 200 g/mol. The molecule has 0 radical (unpaired) electrons. The van der Waals surface area contributed by atoms with Gasteiger partial charge in [0, 0.05) is 5.92 Å². The Morgan fingerprint density at radius 1 is 1.31 bits per heavy atom. The molecular formula is C14H22O2. The standard InChI is InChI=1S/C14H22O2/c1-4-8-12(2)14(3,15)16-11-13-9-6-5-7-10-13/h5-7,9-10,12,15H,4,8,11H2,1-3H3/t12-,14?/m0/s1. The zero-order valence-corrected chi connectivity index (χ0v) is 10.4. The Hall–Kier alpha value is -0.860. The summed E-state index contributed by atoms with van der Waals surface area (Å²) >= 11 is 0. The Labute approximate surface area is 98.3 Å². The van der Waals surface area contributed by atoms with E-state index < -0.39 is 5.79 Å². The first-order valence-electron chi connectivity index (χ1n) is 5.96. The summed E-state index contributed by atoms with van der Waals surface area (Å²) in [5.74, 6) is -0.882. The topological polar surface area (TPSA) is 29.5 Å².